The lowest BCUT2D eigenvalue weighted by molar-refractivity contribution is -0.153. The number of aryl methyl sites for hydroxylation is 1. The molecule has 1 atom stereocenters. The molecule has 0 spiro atoms. The summed E-state index contributed by atoms with van der Waals surface area (Å²) in [5.41, 5.74) is 0.155. The van der Waals surface area contributed by atoms with Gasteiger partial charge in [-0.25, -0.2) is 0 Å². The summed E-state index contributed by atoms with van der Waals surface area (Å²) in [5, 5.41) is 19.9. The van der Waals surface area contributed by atoms with Crippen LogP contribution < -0.4 is 0 Å². The number of aliphatic hydroxyl groups is 1. The molecule has 0 amide bonds. The smallest absolute Gasteiger partial charge is 0.306 e. The lowest BCUT2D eigenvalue weighted by atomic mass is 9.61. The van der Waals surface area contributed by atoms with Crippen LogP contribution in [0.1, 0.15) is 37.8 Å². The number of carboxylic acids is 1. The lowest BCUT2D eigenvalue weighted by Crippen LogP contribution is -2.47. The van der Waals surface area contributed by atoms with Crippen LogP contribution in [0, 0.1) is 5.41 Å². The van der Waals surface area contributed by atoms with E-state index < -0.39 is 17.0 Å². The van der Waals surface area contributed by atoms with Crippen LogP contribution in [0.15, 0.2) is 24.3 Å². The van der Waals surface area contributed by atoms with Gasteiger partial charge in [-0.3, -0.25) is 4.79 Å². The normalized spacial score (nSPS) is 26.3. The Kier molecular flexibility index (Phi) is 2.74. The molecule has 1 aromatic carbocycles. The molecular weight excluding hydrogens is 216 g/mol. The minimum atomic E-state index is -1.27. The third kappa shape index (κ3) is 1.84. The lowest BCUT2D eigenvalue weighted by Gasteiger charge is -2.46. The van der Waals surface area contributed by atoms with Crippen LogP contribution in [0.4, 0.5) is 0 Å². The highest BCUT2D eigenvalue weighted by Crippen LogP contribution is 2.50. The molecule has 2 N–H and O–H groups in total. The first-order valence-electron chi connectivity index (χ1n) is 5.89. The first kappa shape index (κ1) is 12.1. The van der Waals surface area contributed by atoms with Gasteiger partial charge in [0.25, 0.3) is 0 Å². The molecule has 1 unspecified atom stereocenters. The molecule has 92 valence electrons. The third-order valence-electron chi connectivity index (χ3n) is 4.01. The Balaban J connectivity index is 2.55. The second kappa shape index (κ2) is 3.84. The van der Waals surface area contributed by atoms with Crippen LogP contribution in [0.2, 0.25) is 0 Å². The van der Waals surface area contributed by atoms with E-state index in [-0.39, 0.29) is 6.42 Å². The Hall–Kier alpha value is -1.35. The monoisotopic (exact) mass is 234 g/mol. The average molecular weight is 234 g/mol. The largest absolute Gasteiger partial charge is 0.481 e. The average Bonchev–Trinajstić information content (AvgIpc) is 2.24. The summed E-state index contributed by atoms with van der Waals surface area (Å²) >= 11 is 0. The summed E-state index contributed by atoms with van der Waals surface area (Å²) in [7, 11) is 0. The predicted octanol–water partition coefficient (Wildman–Crippen LogP) is 2.32. The second-order valence-electron chi connectivity index (χ2n) is 5.47. The summed E-state index contributed by atoms with van der Waals surface area (Å²) in [5.74, 6) is -0.961. The molecule has 0 fully saturated rings. The quantitative estimate of drug-likeness (QED) is 0.825. The first-order valence-corrected chi connectivity index (χ1v) is 5.89. The van der Waals surface area contributed by atoms with Gasteiger partial charge in [0.05, 0.1) is 6.42 Å². The Bertz CT molecular complexity index is 451. The van der Waals surface area contributed by atoms with Crippen molar-refractivity contribution in [2.75, 3.05) is 0 Å². The van der Waals surface area contributed by atoms with E-state index in [1.165, 1.54) is 0 Å². The maximum Gasteiger partial charge on any atom is 0.306 e. The fourth-order valence-corrected chi connectivity index (χ4v) is 2.71. The van der Waals surface area contributed by atoms with Crippen molar-refractivity contribution in [3.05, 3.63) is 35.4 Å². The van der Waals surface area contributed by atoms with Gasteiger partial charge in [0.1, 0.15) is 5.60 Å². The number of aliphatic carboxylic acids is 1. The van der Waals surface area contributed by atoms with E-state index in [1.807, 2.05) is 38.1 Å². The van der Waals surface area contributed by atoms with Crippen molar-refractivity contribution in [1.29, 1.82) is 0 Å². The number of carbonyl (C=O) groups is 1. The molecule has 0 heterocycles. The molecule has 1 aliphatic rings. The standard InChI is InChI=1S/C14H18O3/c1-13(2)8-7-10-5-3-4-6-11(10)14(13,17)9-12(15)16/h3-6,17H,7-9H2,1-2H3,(H,15,16). The summed E-state index contributed by atoms with van der Waals surface area (Å²) in [6, 6.07) is 7.60. The van der Waals surface area contributed by atoms with Gasteiger partial charge in [0, 0.05) is 0 Å². The molecule has 0 aromatic heterocycles. The molecule has 1 aliphatic carbocycles. The van der Waals surface area contributed by atoms with Crippen molar-refractivity contribution >= 4 is 5.97 Å². The van der Waals surface area contributed by atoms with E-state index in [4.69, 9.17) is 5.11 Å². The van der Waals surface area contributed by atoms with Crippen LogP contribution in [-0.4, -0.2) is 16.2 Å². The zero-order valence-electron chi connectivity index (χ0n) is 10.2. The fourth-order valence-electron chi connectivity index (χ4n) is 2.71. The van der Waals surface area contributed by atoms with E-state index >= 15 is 0 Å². The van der Waals surface area contributed by atoms with Crippen LogP contribution in [0.5, 0.6) is 0 Å². The fraction of sp³-hybridized carbons (Fsp3) is 0.500. The summed E-state index contributed by atoms with van der Waals surface area (Å²) in [4.78, 5) is 11.0. The van der Waals surface area contributed by atoms with E-state index in [9.17, 15) is 9.90 Å². The molecule has 1 aromatic rings. The molecule has 0 saturated carbocycles. The molecule has 2 rings (SSSR count). The van der Waals surface area contributed by atoms with Crippen molar-refractivity contribution in [1.82, 2.24) is 0 Å². The predicted molar refractivity (Wildman–Crippen MR) is 64.7 cm³/mol. The number of hydrogen-bond acceptors (Lipinski definition) is 2. The molecule has 0 bridgehead atoms. The maximum atomic E-state index is 11.0. The van der Waals surface area contributed by atoms with E-state index in [0.29, 0.717) is 0 Å². The SMILES string of the molecule is CC1(C)CCc2ccccc2C1(O)CC(=O)O. The highest BCUT2D eigenvalue weighted by atomic mass is 16.4. The molecule has 3 heteroatoms. The Morgan fingerprint density at radius 3 is 2.65 bits per heavy atom. The van der Waals surface area contributed by atoms with Gasteiger partial charge in [0.2, 0.25) is 0 Å². The summed E-state index contributed by atoms with van der Waals surface area (Å²) in [6.45, 7) is 3.87. The van der Waals surface area contributed by atoms with Crippen molar-refractivity contribution in [2.45, 2.75) is 38.7 Å². The van der Waals surface area contributed by atoms with Crippen molar-refractivity contribution in [2.24, 2.45) is 5.41 Å². The number of carboxylic acid groups (broad SMARTS) is 1. The molecular formula is C14H18O3. The number of fused-ring (bicyclic) bond motifs is 1. The van der Waals surface area contributed by atoms with Crippen LogP contribution in [0.3, 0.4) is 0 Å². The highest BCUT2D eigenvalue weighted by molar-refractivity contribution is 5.69. The Morgan fingerprint density at radius 1 is 1.35 bits per heavy atom. The topological polar surface area (TPSA) is 57.5 Å². The molecule has 0 radical (unpaired) electrons. The zero-order valence-corrected chi connectivity index (χ0v) is 10.2. The molecule has 0 aliphatic heterocycles. The zero-order chi connectivity index (χ0) is 12.7. The van der Waals surface area contributed by atoms with E-state index in [2.05, 4.69) is 0 Å². The van der Waals surface area contributed by atoms with Crippen molar-refractivity contribution < 1.29 is 15.0 Å². The van der Waals surface area contributed by atoms with Gasteiger partial charge in [0.15, 0.2) is 0 Å². The van der Waals surface area contributed by atoms with Gasteiger partial charge < -0.3 is 10.2 Å². The second-order valence-corrected chi connectivity index (χ2v) is 5.47. The maximum absolute atomic E-state index is 11.0. The number of benzene rings is 1. The van der Waals surface area contributed by atoms with Crippen molar-refractivity contribution in [3.8, 4) is 0 Å². The summed E-state index contributed by atoms with van der Waals surface area (Å²) in [6.07, 6.45) is 1.45. The van der Waals surface area contributed by atoms with Crippen LogP contribution in [0.25, 0.3) is 0 Å². The molecule has 0 saturated heterocycles. The molecule has 17 heavy (non-hydrogen) atoms. The number of rotatable bonds is 2. The van der Waals surface area contributed by atoms with Crippen molar-refractivity contribution in [3.63, 3.8) is 0 Å². The van der Waals surface area contributed by atoms with Gasteiger partial charge in [-0.05, 0) is 29.4 Å². The third-order valence-corrected chi connectivity index (χ3v) is 4.01. The van der Waals surface area contributed by atoms with E-state index in [1.54, 1.807) is 0 Å². The van der Waals surface area contributed by atoms with Crippen LogP contribution >= 0.6 is 0 Å². The minimum Gasteiger partial charge on any atom is -0.481 e. The summed E-state index contributed by atoms with van der Waals surface area (Å²) < 4.78 is 0. The first-order chi connectivity index (χ1) is 7.87. The Morgan fingerprint density at radius 2 is 2.00 bits per heavy atom. The van der Waals surface area contributed by atoms with E-state index in [0.717, 1.165) is 24.0 Å². The minimum absolute atomic E-state index is 0.239. The van der Waals surface area contributed by atoms with Gasteiger partial charge in [-0.2, -0.15) is 0 Å². The van der Waals surface area contributed by atoms with Gasteiger partial charge in [-0.1, -0.05) is 38.1 Å². The Labute approximate surface area is 101 Å². The van der Waals surface area contributed by atoms with Gasteiger partial charge >= 0.3 is 5.97 Å². The number of hydrogen-bond donors (Lipinski definition) is 2. The van der Waals surface area contributed by atoms with Crippen LogP contribution in [-0.2, 0) is 16.8 Å². The highest BCUT2D eigenvalue weighted by Gasteiger charge is 2.49. The molecule has 3 nitrogen and oxygen atoms in total. The van der Waals surface area contributed by atoms with Gasteiger partial charge in [-0.15, -0.1) is 0 Å².